The van der Waals surface area contributed by atoms with Crippen molar-refractivity contribution in [3.8, 4) is 6.07 Å². The lowest BCUT2D eigenvalue weighted by Crippen LogP contribution is -2.50. The van der Waals surface area contributed by atoms with Crippen LogP contribution in [0.25, 0.3) is 0 Å². The number of piperidine rings is 1. The number of carbonyl (C=O) groups excluding carboxylic acids is 1. The molecule has 1 atom stereocenters. The Labute approximate surface area is 121 Å². The minimum Gasteiger partial charge on any atom is -0.337 e. The molecule has 2 aliphatic rings. The molecule has 0 aromatic heterocycles. The topological polar surface area (TPSA) is 68.2 Å². The maximum atomic E-state index is 12.2. The van der Waals surface area contributed by atoms with Gasteiger partial charge in [0.25, 0.3) is 0 Å². The molecule has 1 aliphatic heterocycles. The molecule has 2 rings (SSSR count). The van der Waals surface area contributed by atoms with Crippen LogP contribution in [-0.4, -0.2) is 49.6 Å². The maximum absolute atomic E-state index is 12.2. The third kappa shape index (κ3) is 3.94. The molecule has 2 N–H and O–H groups in total. The highest BCUT2D eigenvalue weighted by Crippen LogP contribution is 2.28. The molecule has 112 valence electrons. The summed E-state index contributed by atoms with van der Waals surface area (Å²) in [5.74, 6) is 0.650. The van der Waals surface area contributed by atoms with Gasteiger partial charge < -0.3 is 10.6 Å². The number of rotatable bonds is 5. The second-order valence-electron chi connectivity index (χ2n) is 6.25. The lowest BCUT2D eigenvalue weighted by molar-refractivity contribution is -0.124. The SMILES string of the molecule is CNCC1CCCN(CC(=O)NC2(C#N)CCCC2)C1. The van der Waals surface area contributed by atoms with Gasteiger partial charge in [-0.3, -0.25) is 9.69 Å². The third-order valence-corrected chi connectivity index (χ3v) is 4.51. The fourth-order valence-electron chi connectivity index (χ4n) is 3.50. The summed E-state index contributed by atoms with van der Waals surface area (Å²) >= 11 is 0. The van der Waals surface area contributed by atoms with Gasteiger partial charge >= 0.3 is 0 Å². The summed E-state index contributed by atoms with van der Waals surface area (Å²) in [5, 5.41) is 15.5. The smallest absolute Gasteiger partial charge is 0.235 e. The van der Waals surface area contributed by atoms with Gasteiger partial charge in [0.2, 0.25) is 5.91 Å². The molecular formula is C15H26N4O. The van der Waals surface area contributed by atoms with Gasteiger partial charge in [-0.2, -0.15) is 5.26 Å². The van der Waals surface area contributed by atoms with E-state index in [0.717, 1.165) is 51.7 Å². The number of amides is 1. The molecule has 1 amide bonds. The molecule has 5 nitrogen and oxygen atoms in total. The number of nitrogens with one attached hydrogen (secondary N) is 2. The molecule has 2 fully saturated rings. The van der Waals surface area contributed by atoms with E-state index < -0.39 is 5.54 Å². The first kappa shape index (κ1) is 15.3. The summed E-state index contributed by atoms with van der Waals surface area (Å²) in [7, 11) is 1.97. The zero-order valence-electron chi connectivity index (χ0n) is 12.5. The zero-order valence-corrected chi connectivity index (χ0v) is 12.5. The third-order valence-electron chi connectivity index (χ3n) is 4.51. The summed E-state index contributed by atoms with van der Waals surface area (Å²) in [6, 6.07) is 2.31. The molecule has 0 radical (unpaired) electrons. The second kappa shape index (κ2) is 7.05. The van der Waals surface area contributed by atoms with E-state index in [0.29, 0.717) is 12.5 Å². The Morgan fingerprint density at radius 1 is 1.40 bits per heavy atom. The van der Waals surface area contributed by atoms with Crippen LogP contribution >= 0.6 is 0 Å². The minimum absolute atomic E-state index is 0.0126. The van der Waals surface area contributed by atoms with Gasteiger partial charge in [-0.05, 0) is 64.6 Å². The molecule has 5 heteroatoms. The molecule has 0 aromatic rings. The zero-order chi connectivity index (χ0) is 14.4. The Kier molecular flexibility index (Phi) is 5.38. The van der Waals surface area contributed by atoms with E-state index in [1.807, 2.05) is 7.05 Å². The number of hydrogen-bond donors (Lipinski definition) is 2. The van der Waals surface area contributed by atoms with Crippen LogP contribution in [0.4, 0.5) is 0 Å². The summed E-state index contributed by atoms with van der Waals surface area (Å²) < 4.78 is 0. The fraction of sp³-hybridized carbons (Fsp3) is 0.867. The van der Waals surface area contributed by atoms with Crippen LogP contribution in [0.2, 0.25) is 0 Å². The maximum Gasteiger partial charge on any atom is 0.235 e. The van der Waals surface area contributed by atoms with Gasteiger partial charge in [-0.15, -0.1) is 0 Å². The first-order chi connectivity index (χ1) is 9.67. The molecule has 1 aliphatic carbocycles. The van der Waals surface area contributed by atoms with Crippen molar-refractivity contribution in [2.75, 3.05) is 33.2 Å². The van der Waals surface area contributed by atoms with Crippen molar-refractivity contribution < 1.29 is 4.79 Å². The predicted octanol–water partition coefficient (Wildman–Crippen LogP) is 0.870. The fourth-order valence-corrected chi connectivity index (χ4v) is 3.50. The summed E-state index contributed by atoms with van der Waals surface area (Å²) in [6.45, 7) is 3.42. The Hall–Kier alpha value is -1.12. The van der Waals surface area contributed by atoms with Gasteiger partial charge in [0, 0.05) is 6.54 Å². The highest BCUT2D eigenvalue weighted by atomic mass is 16.2. The van der Waals surface area contributed by atoms with Crippen LogP contribution in [-0.2, 0) is 4.79 Å². The van der Waals surface area contributed by atoms with Gasteiger partial charge in [0.05, 0.1) is 12.6 Å². The van der Waals surface area contributed by atoms with E-state index in [2.05, 4.69) is 21.6 Å². The summed E-state index contributed by atoms with van der Waals surface area (Å²) in [5.41, 5.74) is -0.586. The van der Waals surface area contributed by atoms with E-state index in [-0.39, 0.29) is 5.91 Å². The van der Waals surface area contributed by atoms with E-state index >= 15 is 0 Å². The van der Waals surface area contributed by atoms with E-state index in [1.165, 1.54) is 6.42 Å². The second-order valence-corrected chi connectivity index (χ2v) is 6.25. The normalized spacial score (nSPS) is 26.1. The van der Waals surface area contributed by atoms with Gasteiger partial charge in [-0.1, -0.05) is 0 Å². The van der Waals surface area contributed by atoms with Gasteiger partial charge in [0.1, 0.15) is 5.54 Å². The highest BCUT2D eigenvalue weighted by molar-refractivity contribution is 5.79. The molecule has 1 unspecified atom stereocenters. The van der Waals surface area contributed by atoms with Crippen LogP contribution < -0.4 is 10.6 Å². The molecular weight excluding hydrogens is 252 g/mol. The minimum atomic E-state index is -0.586. The first-order valence-electron chi connectivity index (χ1n) is 7.77. The largest absolute Gasteiger partial charge is 0.337 e. The van der Waals surface area contributed by atoms with Crippen molar-refractivity contribution in [2.45, 2.75) is 44.1 Å². The summed E-state index contributed by atoms with van der Waals surface area (Å²) in [4.78, 5) is 14.4. The van der Waals surface area contributed by atoms with Crippen LogP contribution in [0.15, 0.2) is 0 Å². The number of hydrogen-bond acceptors (Lipinski definition) is 4. The molecule has 1 saturated heterocycles. The molecule has 0 bridgehead atoms. The van der Waals surface area contributed by atoms with Crippen molar-refractivity contribution in [3.63, 3.8) is 0 Å². The number of nitrogens with zero attached hydrogens (tertiary/aromatic N) is 2. The Balaban J connectivity index is 1.80. The Morgan fingerprint density at radius 2 is 2.15 bits per heavy atom. The van der Waals surface area contributed by atoms with Crippen LogP contribution in [0.3, 0.4) is 0 Å². The number of likely N-dealkylation sites (tertiary alicyclic amines) is 1. The van der Waals surface area contributed by atoms with Crippen molar-refractivity contribution in [1.82, 2.24) is 15.5 Å². The number of nitriles is 1. The Bertz CT molecular complexity index is 369. The van der Waals surface area contributed by atoms with Crippen LogP contribution in [0, 0.1) is 17.2 Å². The van der Waals surface area contributed by atoms with E-state index in [4.69, 9.17) is 0 Å². The van der Waals surface area contributed by atoms with Crippen molar-refractivity contribution in [1.29, 1.82) is 5.26 Å². The van der Waals surface area contributed by atoms with Crippen molar-refractivity contribution in [2.24, 2.45) is 5.92 Å². The Morgan fingerprint density at radius 3 is 2.80 bits per heavy atom. The van der Waals surface area contributed by atoms with E-state index in [1.54, 1.807) is 0 Å². The average molecular weight is 278 g/mol. The van der Waals surface area contributed by atoms with Gasteiger partial charge in [0.15, 0.2) is 0 Å². The summed E-state index contributed by atoms with van der Waals surface area (Å²) in [6.07, 6.45) is 6.09. The lowest BCUT2D eigenvalue weighted by atomic mass is 9.97. The van der Waals surface area contributed by atoms with Crippen LogP contribution in [0.1, 0.15) is 38.5 Å². The highest BCUT2D eigenvalue weighted by Gasteiger charge is 2.35. The number of carbonyl (C=O) groups is 1. The van der Waals surface area contributed by atoms with Crippen molar-refractivity contribution in [3.05, 3.63) is 0 Å². The quantitative estimate of drug-likeness (QED) is 0.783. The molecule has 0 spiro atoms. The van der Waals surface area contributed by atoms with E-state index in [9.17, 15) is 10.1 Å². The first-order valence-corrected chi connectivity index (χ1v) is 7.77. The van der Waals surface area contributed by atoms with Crippen LogP contribution in [0.5, 0.6) is 0 Å². The molecule has 1 heterocycles. The lowest BCUT2D eigenvalue weighted by Gasteiger charge is -2.33. The predicted molar refractivity (Wildman–Crippen MR) is 78.0 cm³/mol. The van der Waals surface area contributed by atoms with Gasteiger partial charge in [-0.25, -0.2) is 0 Å². The standard InChI is InChI=1S/C15H26N4O/c1-17-9-13-5-4-8-19(10-13)11-14(20)18-15(12-16)6-2-3-7-15/h13,17H,2-11H2,1H3,(H,18,20). The average Bonchev–Trinajstić information content (AvgIpc) is 2.88. The molecule has 0 aromatic carbocycles. The molecule has 20 heavy (non-hydrogen) atoms. The molecule has 1 saturated carbocycles. The van der Waals surface area contributed by atoms with Crippen molar-refractivity contribution >= 4 is 5.91 Å². The monoisotopic (exact) mass is 278 g/mol.